The molecule has 0 saturated carbocycles. The van der Waals surface area contributed by atoms with E-state index in [9.17, 15) is 13.2 Å². The highest BCUT2D eigenvalue weighted by Gasteiger charge is 2.33. The molecule has 1 aromatic rings. The Morgan fingerprint density at radius 1 is 1.08 bits per heavy atom. The van der Waals surface area contributed by atoms with Gasteiger partial charge < -0.3 is 19.7 Å². The number of carbonyl (C=O) groups excluding carboxylic acids is 1. The van der Waals surface area contributed by atoms with E-state index in [1.54, 1.807) is 17.0 Å². The van der Waals surface area contributed by atoms with Gasteiger partial charge >= 0.3 is 0 Å². The normalized spacial score (nSPS) is 23.8. The molecule has 3 aliphatic heterocycles. The van der Waals surface area contributed by atoms with Crippen LogP contribution in [0.4, 0.5) is 0 Å². The summed E-state index contributed by atoms with van der Waals surface area (Å²) in [6.45, 7) is 3.18. The summed E-state index contributed by atoms with van der Waals surface area (Å²) in [5.41, 5.74) is 0. The number of hydrogen-bond acceptors (Lipinski definition) is 6. The van der Waals surface area contributed by atoms with Crippen molar-refractivity contribution in [3.05, 3.63) is 18.2 Å². The third-order valence-corrected chi connectivity index (χ3v) is 6.95. The van der Waals surface area contributed by atoms with Crippen LogP contribution in [0.15, 0.2) is 23.1 Å². The molecule has 1 aromatic carbocycles. The van der Waals surface area contributed by atoms with Crippen LogP contribution >= 0.6 is 0 Å². The van der Waals surface area contributed by atoms with Gasteiger partial charge in [0.2, 0.25) is 15.9 Å². The zero-order valence-corrected chi connectivity index (χ0v) is 15.3. The smallest absolute Gasteiger partial charge is 0.243 e. The molecule has 3 heterocycles. The van der Waals surface area contributed by atoms with Gasteiger partial charge in [-0.2, -0.15) is 4.31 Å². The van der Waals surface area contributed by atoms with Crippen molar-refractivity contribution in [1.29, 1.82) is 0 Å². The molecule has 8 nitrogen and oxygen atoms in total. The number of sulfonamides is 1. The van der Waals surface area contributed by atoms with Gasteiger partial charge in [0.05, 0.1) is 10.9 Å². The third-order valence-electron chi connectivity index (χ3n) is 5.06. The summed E-state index contributed by atoms with van der Waals surface area (Å²) in [7, 11) is -3.62. The van der Waals surface area contributed by atoms with E-state index in [2.05, 4.69) is 5.32 Å². The van der Waals surface area contributed by atoms with Crippen molar-refractivity contribution < 1.29 is 22.7 Å². The number of benzene rings is 1. The van der Waals surface area contributed by atoms with Crippen molar-refractivity contribution in [3.8, 4) is 11.5 Å². The number of hydrogen-bond donors (Lipinski definition) is 1. The van der Waals surface area contributed by atoms with E-state index < -0.39 is 10.0 Å². The molecule has 4 rings (SSSR count). The summed E-state index contributed by atoms with van der Waals surface area (Å²) >= 11 is 0. The summed E-state index contributed by atoms with van der Waals surface area (Å²) in [5, 5.41) is 3.20. The highest BCUT2D eigenvalue weighted by atomic mass is 32.2. The molecule has 0 bridgehead atoms. The standard InChI is InChI=1S/C17H23N3O5S/c21-17(14-2-1-5-18-14)19-6-8-20(9-7-19)26(22,23)13-3-4-15-16(12-13)25-11-10-24-15/h3-4,12,14,18H,1-2,5-11H2. The van der Waals surface area contributed by atoms with Gasteiger partial charge in [-0.05, 0) is 31.5 Å². The predicted molar refractivity (Wildman–Crippen MR) is 93.8 cm³/mol. The lowest BCUT2D eigenvalue weighted by Crippen LogP contribution is -2.54. The molecule has 0 aliphatic carbocycles. The highest BCUT2D eigenvalue weighted by Crippen LogP contribution is 2.33. The summed E-state index contributed by atoms with van der Waals surface area (Å²) in [5.74, 6) is 1.10. The average Bonchev–Trinajstić information content (AvgIpc) is 3.22. The Kier molecular flexibility index (Phi) is 4.76. The second kappa shape index (κ2) is 7.05. The number of carbonyl (C=O) groups is 1. The molecule has 1 N–H and O–H groups in total. The zero-order valence-electron chi connectivity index (χ0n) is 14.5. The molecule has 1 amide bonds. The maximum absolute atomic E-state index is 12.9. The van der Waals surface area contributed by atoms with Crippen LogP contribution in [-0.2, 0) is 14.8 Å². The summed E-state index contributed by atoms with van der Waals surface area (Å²) in [4.78, 5) is 14.4. The maximum Gasteiger partial charge on any atom is 0.243 e. The largest absolute Gasteiger partial charge is 0.486 e. The lowest BCUT2D eigenvalue weighted by atomic mass is 10.2. The van der Waals surface area contributed by atoms with Crippen molar-refractivity contribution >= 4 is 15.9 Å². The molecule has 142 valence electrons. The van der Waals surface area contributed by atoms with E-state index in [0.29, 0.717) is 50.9 Å². The fourth-order valence-electron chi connectivity index (χ4n) is 3.60. The molecule has 2 saturated heterocycles. The van der Waals surface area contributed by atoms with Gasteiger partial charge in [-0.25, -0.2) is 8.42 Å². The minimum absolute atomic E-state index is 0.0823. The fraction of sp³-hybridized carbons (Fsp3) is 0.588. The molecule has 3 aliphatic rings. The van der Waals surface area contributed by atoms with Crippen molar-refractivity contribution in [2.24, 2.45) is 0 Å². The molecular formula is C17H23N3O5S. The Bertz CT molecular complexity index is 784. The lowest BCUT2D eigenvalue weighted by molar-refractivity contribution is -0.134. The molecule has 0 aromatic heterocycles. The quantitative estimate of drug-likeness (QED) is 0.796. The number of nitrogens with zero attached hydrogens (tertiary/aromatic N) is 2. The van der Waals surface area contributed by atoms with Gasteiger partial charge in [0.15, 0.2) is 11.5 Å². The highest BCUT2D eigenvalue weighted by molar-refractivity contribution is 7.89. The summed E-state index contributed by atoms with van der Waals surface area (Å²) < 4.78 is 38.2. The van der Waals surface area contributed by atoms with Crippen LogP contribution in [0.1, 0.15) is 12.8 Å². The second-order valence-corrected chi connectivity index (χ2v) is 8.62. The van der Waals surface area contributed by atoms with Crippen molar-refractivity contribution in [2.45, 2.75) is 23.8 Å². The number of piperazine rings is 1. The van der Waals surface area contributed by atoms with Crippen molar-refractivity contribution in [2.75, 3.05) is 45.9 Å². The van der Waals surface area contributed by atoms with Crippen LogP contribution in [0.3, 0.4) is 0 Å². The number of rotatable bonds is 3. The predicted octanol–water partition coefficient (Wildman–Crippen LogP) is 0.0427. The van der Waals surface area contributed by atoms with Gasteiger partial charge in [0, 0.05) is 32.2 Å². The average molecular weight is 381 g/mol. The third kappa shape index (κ3) is 3.26. The van der Waals surface area contributed by atoms with E-state index in [1.807, 2.05) is 0 Å². The minimum Gasteiger partial charge on any atom is -0.486 e. The maximum atomic E-state index is 12.9. The van der Waals surface area contributed by atoms with Crippen molar-refractivity contribution in [3.63, 3.8) is 0 Å². The van der Waals surface area contributed by atoms with Crippen LogP contribution in [0.5, 0.6) is 11.5 Å². The Morgan fingerprint density at radius 3 is 2.50 bits per heavy atom. The van der Waals surface area contributed by atoms with E-state index in [0.717, 1.165) is 19.4 Å². The fourth-order valence-corrected chi connectivity index (χ4v) is 5.04. The van der Waals surface area contributed by atoms with E-state index >= 15 is 0 Å². The van der Waals surface area contributed by atoms with Crippen LogP contribution < -0.4 is 14.8 Å². The topological polar surface area (TPSA) is 88.2 Å². The van der Waals surface area contributed by atoms with Gasteiger partial charge in [0.1, 0.15) is 13.2 Å². The first kappa shape index (κ1) is 17.6. The van der Waals surface area contributed by atoms with Crippen molar-refractivity contribution in [1.82, 2.24) is 14.5 Å². The Morgan fingerprint density at radius 2 is 1.81 bits per heavy atom. The zero-order chi connectivity index (χ0) is 18.1. The minimum atomic E-state index is -3.62. The Balaban J connectivity index is 1.44. The van der Waals surface area contributed by atoms with E-state index in [1.165, 1.54) is 10.4 Å². The first-order valence-corrected chi connectivity index (χ1v) is 10.4. The molecular weight excluding hydrogens is 358 g/mol. The molecule has 0 spiro atoms. The number of nitrogens with one attached hydrogen (secondary N) is 1. The van der Waals surface area contributed by atoms with Crippen LogP contribution in [0.25, 0.3) is 0 Å². The molecule has 2 fully saturated rings. The summed E-state index contributed by atoms with van der Waals surface area (Å²) in [6.07, 6.45) is 1.86. The molecule has 9 heteroatoms. The lowest BCUT2D eigenvalue weighted by Gasteiger charge is -2.35. The molecule has 26 heavy (non-hydrogen) atoms. The first-order valence-electron chi connectivity index (χ1n) is 8.98. The second-order valence-electron chi connectivity index (χ2n) is 6.68. The van der Waals surface area contributed by atoms with E-state index in [4.69, 9.17) is 9.47 Å². The molecule has 0 radical (unpaired) electrons. The first-order chi connectivity index (χ1) is 12.6. The van der Waals surface area contributed by atoms with Crippen LogP contribution in [-0.4, -0.2) is 75.5 Å². The van der Waals surface area contributed by atoms with Gasteiger partial charge in [-0.3, -0.25) is 4.79 Å². The molecule has 1 unspecified atom stereocenters. The van der Waals surface area contributed by atoms with E-state index in [-0.39, 0.29) is 16.8 Å². The van der Waals surface area contributed by atoms with Gasteiger partial charge in [-0.1, -0.05) is 0 Å². The monoisotopic (exact) mass is 381 g/mol. The number of ether oxygens (including phenoxy) is 2. The number of amides is 1. The molecule has 1 atom stereocenters. The van der Waals surface area contributed by atoms with Gasteiger partial charge in [-0.15, -0.1) is 0 Å². The van der Waals surface area contributed by atoms with Crippen LogP contribution in [0.2, 0.25) is 0 Å². The Labute approximate surface area is 153 Å². The Hall–Kier alpha value is -1.84. The SMILES string of the molecule is O=C(C1CCCN1)N1CCN(S(=O)(=O)c2ccc3c(c2)OCCO3)CC1. The van der Waals surface area contributed by atoms with Gasteiger partial charge in [0.25, 0.3) is 0 Å². The summed E-state index contributed by atoms with van der Waals surface area (Å²) in [6, 6.07) is 4.58. The van der Waals surface area contributed by atoms with Crippen LogP contribution in [0, 0.1) is 0 Å². The number of fused-ring (bicyclic) bond motifs is 1.